The Balaban J connectivity index is 1.44. The number of carboxylic acid groups (broad SMARTS) is 1. The number of allylic oxidation sites excluding steroid dienone is 2. The highest BCUT2D eigenvalue weighted by molar-refractivity contribution is 5.77. The van der Waals surface area contributed by atoms with Crippen LogP contribution < -0.4 is 4.90 Å². The van der Waals surface area contributed by atoms with Crippen molar-refractivity contribution in [2.45, 2.75) is 70.9 Å². The molecule has 0 aromatic heterocycles. The van der Waals surface area contributed by atoms with Crippen molar-refractivity contribution in [3.8, 4) is 0 Å². The van der Waals surface area contributed by atoms with Crippen LogP contribution in [0.3, 0.4) is 0 Å². The maximum atomic E-state index is 11.6. The number of aryl methyl sites for hydroxylation is 1. The molecule has 0 spiro atoms. The molecule has 180 valence electrons. The molecule has 2 aromatic rings. The summed E-state index contributed by atoms with van der Waals surface area (Å²) in [4.78, 5) is 17.6. The Labute approximate surface area is 208 Å². The number of carboxylic acids is 1. The number of rotatable bonds is 5. The van der Waals surface area contributed by atoms with Crippen LogP contribution in [0.2, 0.25) is 0 Å². The standard InChI is InChI=1S/C31H34N2O2/c1-20-8-13-24(14-9-20)33-27-7-5-6-25(27)26-17-21(12-15-28(26)33)10-11-22-16-23(19-31(2,3)18-22)29(32-4)30(34)35/h8-17,23,25,27,29H,5-7,18-19H2,1-3H3,(H,34,35)/b11-10+. The smallest absolute Gasteiger partial charge is 0.388 e. The number of hydrogen-bond donors (Lipinski definition) is 1. The largest absolute Gasteiger partial charge is 0.475 e. The molecule has 1 fully saturated rings. The van der Waals surface area contributed by atoms with Crippen molar-refractivity contribution in [2.24, 2.45) is 11.3 Å². The molecule has 1 N–H and O–H groups in total. The second-order valence-corrected chi connectivity index (χ2v) is 11.3. The zero-order valence-corrected chi connectivity index (χ0v) is 20.9. The van der Waals surface area contributed by atoms with Crippen LogP contribution in [0.1, 0.15) is 68.6 Å². The predicted octanol–water partition coefficient (Wildman–Crippen LogP) is 7.53. The van der Waals surface area contributed by atoms with Gasteiger partial charge in [-0.25, -0.2) is 11.4 Å². The van der Waals surface area contributed by atoms with Crippen LogP contribution in [-0.2, 0) is 4.79 Å². The first-order valence-corrected chi connectivity index (χ1v) is 12.7. The molecule has 1 aliphatic heterocycles. The number of hydrogen-bond acceptors (Lipinski definition) is 2. The van der Waals surface area contributed by atoms with Gasteiger partial charge in [-0.3, -0.25) is 0 Å². The van der Waals surface area contributed by atoms with E-state index in [1.807, 2.05) is 6.08 Å². The van der Waals surface area contributed by atoms with Gasteiger partial charge in [0.2, 0.25) is 0 Å². The van der Waals surface area contributed by atoms with E-state index in [0.717, 1.165) is 18.4 Å². The summed E-state index contributed by atoms with van der Waals surface area (Å²) in [5.74, 6) is -0.701. The summed E-state index contributed by atoms with van der Waals surface area (Å²) >= 11 is 0. The zero-order chi connectivity index (χ0) is 24.7. The van der Waals surface area contributed by atoms with E-state index in [4.69, 9.17) is 6.57 Å². The Bertz CT molecular complexity index is 1230. The molecule has 4 atom stereocenters. The van der Waals surface area contributed by atoms with Crippen LogP contribution in [0.5, 0.6) is 0 Å². The van der Waals surface area contributed by atoms with E-state index in [2.05, 4.69) is 85.1 Å². The fraction of sp³-hybridized carbons (Fsp3) is 0.419. The molecule has 4 heteroatoms. The molecule has 1 heterocycles. The summed E-state index contributed by atoms with van der Waals surface area (Å²) in [5, 5.41) is 9.51. The molecule has 2 aromatic carbocycles. The monoisotopic (exact) mass is 466 g/mol. The molecule has 35 heavy (non-hydrogen) atoms. The van der Waals surface area contributed by atoms with Crippen molar-refractivity contribution in [3.05, 3.63) is 88.3 Å². The first kappa shape index (κ1) is 23.4. The first-order valence-electron chi connectivity index (χ1n) is 12.7. The van der Waals surface area contributed by atoms with Gasteiger partial charge in [-0.15, -0.1) is 0 Å². The van der Waals surface area contributed by atoms with Crippen molar-refractivity contribution < 1.29 is 9.90 Å². The maximum absolute atomic E-state index is 11.6. The van der Waals surface area contributed by atoms with Crippen LogP contribution in [0, 0.1) is 24.8 Å². The maximum Gasteiger partial charge on any atom is 0.388 e. The van der Waals surface area contributed by atoms with Gasteiger partial charge in [-0.2, -0.15) is 0 Å². The zero-order valence-electron chi connectivity index (χ0n) is 20.9. The minimum absolute atomic E-state index is 0.0268. The second-order valence-electron chi connectivity index (χ2n) is 11.3. The van der Waals surface area contributed by atoms with Gasteiger partial charge in [0.1, 0.15) is 0 Å². The van der Waals surface area contributed by atoms with E-state index in [1.54, 1.807) is 0 Å². The summed E-state index contributed by atoms with van der Waals surface area (Å²) in [6.45, 7) is 13.8. The lowest BCUT2D eigenvalue weighted by molar-refractivity contribution is -0.138. The summed E-state index contributed by atoms with van der Waals surface area (Å²) in [7, 11) is 0. The summed E-state index contributed by atoms with van der Waals surface area (Å²) < 4.78 is 0. The van der Waals surface area contributed by atoms with Gasteiger partial charge < -0.3 is 14.9 Å². The molecule has 0 radical (unpaired) electrons. The van der Waals surface area contributed by atoms with Gasteiger partial charge in [0.05, 0.1) is 5.92 Å². The molecular formula is C31H34N2O2. The average molecular weight is 467 g/mol. The van der Waals surface area contributed by atoms with Crippen molar-refractivity contribution in [3.63, 3.8) is 0 Å². The second kappa shape index (κ2) is 9.04. The molecule has 0 amide bonds. The van der Waals surface area contributed by atoms with Crippen LogP contribution in [0.4, 0.5) is 11.4 Å². The normalized spacial score (nSPS) is 25.6. The van der Waals surface area contributed by atoms with Crippen LogP contribution in [-0.4, -0.2) is 23.2 Å². The van der Waals surface area contributed by atoms with Crippen LogP contribution >= 0.6 is 0 Å². The first-order chi connectivity index (χ1) is 16.8. The molecule has 2 aliphatic carbocycles. The van der Waals surface area contributed by atoms with Gasteiger partial charge in [-0.05, 0) is 73.4 Å². The minimum Gasteiger partial charge on any atom is -0.475 e. The van der Waals surface area contributed by atoms with E-state index in [1.165, 1.54) is 47.3 Å². The van der Waals surface area contributed by atoms with E-state index in [9.17, 15) is 9.90 Å². The number of fused-ring (bicyclic) bond motifs is 3. The summed E-state index contributed by atoms with van der Waals surface area (Å²) in [6, 6.07) is 15.2. The van der Waals surface area contributed by atoms with E-state index < -0.39 is 12.0 Å². The lowest BCUT2D eigenvalue weighted by Gasteiger charge is -2.33. The highest BCUT2D eigenvalue weighted by Gasteiger charge is 2.42. The molecule has 0 bridgehead atoms. The Morgan fingerprint density at radius 1 is 1.17 bits per heavy atom. The van der Waals surface area contributed by atoms with Gasteiger partial charge in [0.25, 0.3) is 0 Å². The van der Waals surface area contributed by atoms with Crippen LogP contribution in [0.15, 0.2) is 60.2 Å². The quantitative estimate of drug-likeness (QED) is 0.463. The highest BCUT2D eigenvalue weighted by atomic mass is 16.4. The SMILES string of the molecule is [C-]#[N+]C(C(=O)O)C1C=C(/C=C/c2ccc3c(c2)C2CCCC2N3c2ccc(C)cc2)CC(C)(C)C1. The Hall–Kier alpha value is -3.32. The van der Waals surface area contributed by atoms with Gasteiger partial charge in [-0.1, -0.05) is 67.8 Å². The lowest BCUT2D eigenvalue weighted by atomic mass is 9.71. The van der Waals surface area contributed by atoms with Crippen molar-refractivity contribution >= 4 is 23.4 Å². The van der Waals surface area contributed by atoms with Crippen molar-refractivity contribution in [1.29, 1.82) is 0 Å². The van der Waals surface area contributed by atoms with Crippen molar-refractivity contribution in [2.75, 3.05) is 4.90 Å². The predicted molar refractivity (Wildman–Crippen MR) is 142 cm³/mol. The molecular weight excluding hydrogens is 432 g/mol. The number of aliphatic carboxylic acids is 1. The molecule has 1 saturated carbocycles. The fourth-order valence-electron chi connectivity index (χ4n) is 6.53. The minimum atomic E-state index is -1.02. The number of anilines is 2. The van der Waals surface area contributed by atoms with Gasteiger partial charge in [0.15, 0.2) is 0 Å². The van der Waals surface area contributed by atoms with Crippen molar-refractivity contribution in [1.82, 2.24) is 0 Å². The molecule has 4 nitrogen and oxygen atoms in total. The van der Waals surface area contributed by atoms with E-state index in [-0.39, 0.29) is 11.3 Å². The van der Waals surface area contributed by atoms with Gasteiger partial charge in [0, 0.05) is 23.3 Å². The molecule has 3 aliphatic rings. The Morgan fingerprint density at radius 2 is 1.94 bits per heavy atom. The topological polar surface area (TPSA) is 44.9 Å². The number of nitrogens with zero attached hydrogens (tertiary/aromatic N) is 2. The van der Waals surface area contributed by atoms with Crippen LogP contribution in [0.25, 0.3) is 10.9 Å². The van der Waals surface area contributed by atoms with Gasteiger partial charge >= 0.3 is 12.0 Å². The molecule has 0 saturated heterocycles. The van der Waals surface area contributed by atoms with E-state index >= 15 is 0 Å². The fourth-order valence-corrected chi connectivity index (χ4v) is 6.53. The summed E-state index contributed by atoms with van der Waals surface area (Å²) in [5.41, 5.74) is 7.63. The average Bonchev–Trinajstić information content (AvgIpc) is 3.39. The molecule has 4 unspecified atom stereocenters. The highest BCUT2D eigenvalue weighted by Crippen LogP contribution is 2.52. The van der Waals surface area contributed by atoms with E-state index in [0.29, 0.717) is 12.0 Å². The number of carbonyl (C=O) groups is 1. The summed E-state index contributed by atoms with van der Waals surface area (Å²) in [6.07, 6.45) is 11.7. The number of benzene rings is 2. The molecule has 5 rings (SSSR count). The Morgan fingerprint density at radius 3 is 2.66 bits per heavy atom. The third-order valence-electron chi connectivity index (χ3n) is 8.02. The third kappa shape index (κ3) is 4.52. The lowest BCUT2D eigenvalue weighted by Crippen LogP contribution is -2.32. The Kier molecular flexibility index (Phi) is 6.05. The third-order valence-corrected chi connectivity index (χ3v) is 8.02.